The molecule has 2 N–H and O–H groups in total. The van der Waals surface area contributed by atoms with E-state index in [1.54, 1.807) is 0 Å². The number of fused-ring (bicyclic) bond motifs is 7. The van der Waals surface area contributed by atoms with Crippen molar-refractivity contribution in [2.75, 3.05) is 7.11 Å². The molecule has 1 fully saturated rings. The van der Waals surface area contributed by atoms with Crippen molar-refractivity contribution in [2.24, 2.45) is 17.8 Å². The molecule has 232 valence electrons. The van der Waals surface area contributed by atoms with E-state index in [0.717, 1.165) is 68.4 Å². The number of hydrogen-bond donors (Lipinski definition) is 2. The quantitative estimate of drug-likeness (QED) is 0.317. The average Bonchev–Trinajstić information content (AvgIpc) is 3.72. The summed E-state index contributed by atoms with van der Waals surface area (Å²) in [5.41, 5.74) is 10.5. The van der Waals surface area contributed by atoms with Crippen LogP contribution in [0, 0.1) is 38.5 Å². The van der Waals surface area contributed by atoms with Crippen molar-refractivity contribution in [3.05, 3.63) is 83.6 Å². The molecule has 3 aromatic heterocycles. The maximum absolute atomic E-state index is 13.3. The molecule has 2 aliphatic heterocycles. The molecule has 1 aliphatic carbocycles. The molecule has 8 bridgehead atoms. The van der Waals surface area contributed by atoms with Crippen molar-refractivity contribution in [1.82, 2.24) is 15.0 Å². The fraction of sp³-hybridized carbons (Fsp3) is 0.429. The Bertz CT molecular complexity index is 1890. The number of methoxy groups -OCH3 is 1. The molecule has 3 aromatic rings. The van der Waals surface area contributed by atoms with Crippen LogP contribution in [-0.4, -0.2) is 52.3 Å². The van der Waals surface area contributed by atoms with Crippen LogP contribution in [0.4, 0.5) is 0 Å². The predicted octanol–water partition coefficient (Wildman–Crippen LogP) is 3.29. The third kappa shape index (κ3) is 5.20. The zero-order valence-corrected chi connectivity index (χ0v) is 28.4. The van der Waals surface area contributed by atoms with Gasteiger partial charge in [0.1, 0.15) is 5.92 Å². The molecule has 4 atom stereocenters. The van der Waals surface area contributed by atoms with Gasteiger partial charge >= 0.3 is 35.0 Å². The van der Waals surface area contributed by atoms with Crippen molar-refractivity contribution in [3.63, 3.8) is 0 Å². The third-order valence-electron chi connectivity index (χ3n) is 9.84. The molecular weight excluding hydrogens is 581 g/mol. The summed E-state index contributed by atoms with van der Waals surface area (Å²) in [5.74, 6) is -2.97. The van der Waals surface area contributed by atoms with Gasteiger partial charge in [-0.2, -0.15) is 11.4 Å². The van der Waals surface area contributed by atoms with E-state index in [2.05, 4.69) is 33.8 Å². The Morgan fingerprint density at radius 1 is 0.889 bits per heavy atom. The second-order valence-corrected chi connectivity index (χ2v) is 12.1. The Morgan fingerprint density at radius 2 is 1.56 bits per heavy atom. The Morgan fingerprint density at radius 3 is 2.20 bits per heavy atom. The van der Waals surface area contributed by atoms with Crippen LogP contribution in [0.3, 0.4) is 0 Å². The molecule has 5 heterocycles. The standard InChI is InChI=1S/C35H38N4O5.Mg/c1-8-19-15(3)22-12-24-17(5)21(10-11-28(40)41)32(38-24)30-31(35(43)44-7)34(42)29-18(6)25(39-33(29)30)14-27-20(9-2)16(4)23(37-27)13-26(19)36-22;/h12-14,17,21,31,34,42H,8-11H2,1-7H3,(H,40,41);/q-4;+2/b23-13-,24-12-,27-14-,32-30-;/t17-,21-,31+,34-;/m0./s1. The molecule has 0 spiro atoms. The Balaban J connectivity index is 0.00000400. The molecular formula is C35H38MgN4O5-2. The number of hydrogen-bond acceptors (Lipinski definition) is 4. The average molecular weight is 619 g/mol. The summed E-state index contributed by atoms with van der Waals surface area (Å²) in [5, 5.41) is 28.1. The number of aliphatic carboxylic acids is 1. The number of aromatic nitrogens is 3. The van der Waals surface area contributed by atoms with E-state index in [0.29, 0.717) is 34.6 Å². The van der Waals surface area contributed by atoms with Gasteiger partial charge in [-0.15, -0.1) is 33.5 Å². The summed E-state index contributed by atoms with van der Waals surface area (Å²) in [6.45, 7) is 12.3. The first-order chi connectivity index (χ1) is 21.0. The minimum absolute atomic E-state index is 0. The summed E-state index contributed by atoms with van der Waals surface area (Å²) in [7, 11) is 1.30. The monoisotopic (exact) mass is 618 g/mol. The summed E-state index contributed by atoms with van der Waals surface area (Å²) in [4.78, 5) is 40.1. The largest absolute Gasteiger partial charge is 2.00 e. The number of nitrogens with zero attached hydrogens (tertiary/aromatic N) is 4. The van der Waals surface area contributed by atoms with Crippen LogP contribution in [0.25, 0.3) is 29.1 Å². The van der Waals surface area contributed by atoms with Crippen molar-refractivity contribution >= 4 is 58.8 Å². The number of rotatable bonds is 6. The number of carboxylic acid groups (broad SMARTS) is 1. The molecule has 0 saturated carbocycles. The Hall–Kier alpha value is -3.47. The fourth-order valence-electron chi connectivity index (χ4n) is 7.34. The van der Waals surface area contributed by atoms with E-state index < -0.39 is 24.0 Å². The first-order valence-electron chi connectivity index (χ1n) is 15.3. The summed E-state index contributed by atoms with van der Waals surface area (Å²) >= 11 is 0. The number of carbonyl (C=O) groups excluding carboxylic acids is 1. The zero-order valence-electron chi connectivity index (χ0n) is 27.0. The molecule has 0 unspecified atom stereocenters. The number of carbonyl (C=O) groups is 2. The van der Waals surface area contributed by atoms with E-state index >= 15 is 0 Å². The number of allylic oxidation sites excluding steroid dienone is 2. The minimum atomic E-state index is -1.18. The van der Waals surface area contributed by atoms with Crippen LogP contribution in [0.1, 0.15) is 95.9 Å². The van der Waals surface area contributed by atoms with Gasteiger partial charge in [-0.05, 0) is 57.4 Å². The normalized spacial score (nSPS) is 25.7. The van der Waals surface area contributed by atoms with Gasteiger partial charge in [-0.25, -0.2) is 0 Å². The molecule has 0 radical (unpaired) electrons. The summed E-state index contributed by atoms with van der Waals surface area (Å²) in [6, 6.07) is 0. The maximum Gasteiger partial charge on any atom is 2.00 e. The third-order valence-corrected chi connectivity index (χ3v) is 9.84. The number of aliphatic hydroxyl groups is 1. The van der Waals surface area contributed by atoms with E-state index in [1.807, 2.05) is 26.0 Å². The Kier molecular flexibility index (Phi) is 9.05. The van der Waals surface area contributed by atoms with Gasteiger partial charge in [0.2, 0.25) is 0 Å². The molecule has 0 amide bonds. The molecule has 10 heteroatoms. The van der Waals surface area contributed by atoms with Crippen LogP contribution in [0.5, 0.6) is 0 Å². The van der Waals surface area contributed by atoms with Crippen LogP contribution in [0.15, 0.2) is 11.4 Å². The number of carboxylic acids is 1. The van der Waals surface area contributed by atoms with E-state index in [9.17, 15) is 19.8 Å². The van der Waals surface area contributed by atoms with Crippen LogP contribution < -0.4 is 25.7 Å². The first kappa shape index (κ1) is 32.9. The van der Waals surface area contributed by atoms with Crippen molar-refractivity contribution in [2.45, 2.75) is 73.3 Å². The Labute approximate surface area is 279 Å². The number of ether oxygens (including phenoxy) is 1. The van der Waals surface area contributed by atoms with Crippen molar-refractivity contribution < 1.29 is 24.5 Å². The van der Waals surface area contributed by atoms with E-state index in [4.69, 9.17) is 25.0 Å². The SMILES string of the molecule is CCc1c2[n-]c(c1C)/C=C1\[N-]/C(=C3\c4[n-]c(c(C)c4[C@H](O)[C@@H]3C(=O)OC)/C=c3\[n-]/c(c(C)c3CC)=C\2)[C@@H](CCC(=O)O)[C@@H]1C.[Mg+2]. The van der Waals surface area contributed by atoms with Gasteiger partial charge in [0, 0.05) is 6.42 Å². The molecule has 3 aliphatic rings. The molecule has 45 heavy (non-hydrogen) atoms. The van der Waals surface area contributed by atoms with Gasteiger partial charge in [-0.3, -0.25) is 9.59 Å². The second-order valence-electron chi connectivity index (χ2n) is 12.1. The van der Waals surface area contributed by atoms with Crippen molar-refractivity contribution in [1.29, 1.82) is 0 Å². The predicted molar refractivity (Wildman–Crippen MR) is 173 cm³/mol. The zero-order chi connectivity index (χ0) is 31.6. The van der Waals surface area contributed by atoms with Crippen LogP contribution in [0.2, 0.25) is 0 Å². The molecule has 9 nitrogen and oxygen atoms in total. The van der Waals surface area contributed by atoms with E-state index in [-0.39, 0.29) is 41.3 Å². The van der Waals surface area contributed by atoms with Gasteiger partial charge < -0.3 is 35.2 Å². The smallest absolute Gasteiger partial charge is 0.664 e. The molecule has 6 rings (SSSR count). The van der Waals surface area contributed by atoms with E-state index in [1.165, 1.54) is 7.11 Å². The second kappa shape index (κ2) is 12.4. The molecule has 1 saturated heterocycles. The van der Waals surface area contributed by atoms with Gasteiger partial charge in [0.15, 0.2) is 0 Å². The van der Waals surface area contributed by atoms with Gasteiger partial charge in [-0.1, -0.05) is 72.4 Å². The first-order valence-corrected chi connectivity index (χ1v) is 15.3. The van der Waals surface area contributed by atoms with Crippen molar-refractivity contribution in [3.8, 4) is 0 Å². The molecule has 0 aromatic carbocycles. The number of esters is 1. The van der Waals surface area contributed by atoms with Crippen LogP contribution in [-0.2, 0) is 27.2 Å². The fourth-order valence-corrected chi connectivity index (χ4v) is 7.34. The maximum atomic E-state index is 13.3. The minimum Gasteiger partial charge on any atom is -0.664 e. The van der Waals surface area contributed by atoms with Gasteiger partial charge in [0.05, 0.1) is 13.2 Å². The van der Waals surface area contributed by atoms with Crippen LogP contribution >= 0.6 is 0 Å². The summed E-state index contributed by atoms with van der Waals surface area (Å²) in [6.07, 6.45) is 6.68. The van der Waals surface area contributed by atoms with Gasteiger partial charge in [0.25, 0.3) is 0 Å². The topological polar surface area (TPSA) is 140 Å². The summed E-state index contributed by atoms with van der Waals surface area (Å²) < 4.78 is 5.18. The number of aliphatic hydroxyl groups excluding tert-OH is 1.